The van der Waals surface area contributed by atoms with Crippen molar-refractivity contribution in [2.75, 3.05) is 11.1 Å². The third kappa shape index (κ3) is 2.96. The highest BCUT2D eigenvalue weighted by atomic mass is 79.9. The van der Waals surface area contributed by atoms with E-state index < -0.39 is 5.82 Å². The summed E-state index contributed by atoms with van der Waals surface area (Å²) in [4.78, 5) is 0. The molecule has 6 heteroatoms. The number of anilines is 3. The summed E-state index contributed by atoms with van der Waals surface area (Å²) in [5.74, 6) is -0.393. The zero-order chi connectivity index (χ0) is 13.3. The third-order valence-corrected chi connectivity index (χ3v) is 4.11. The van der Waals surface area contributed by atoms with Crippen molar-refractivity contribution in [3.63, 3.8) is 0 Å². The summed E-state index contributed by atoms with van der Waals surface area (Å²) in [5, 5.41) is 3.72. The number of halogens is 4. The molecule has 2 aromatic carbocycles. The zero-order valence-corrected chi connectivity index (χ0v) is 12.9. The maximum atomic E-state index is 13.2. The topological polar surface area (TPSA) is 38.0 Å². The number of nitrogens with two attached hydrogens (primary N) is 1. The first-order chi connectivity index (χ1) is 8.47. The smallest absolute Gasteiger partial charge is 0.139 e. The van der Waals surface area contributed by atoms with Crippen molar-refractivity contribution in [1.29, 1.82) is 0 Å². The van der Waals surface area contributed by atoms with Crippen LogP contribution in [0.25, 0.3) is 0 Å². The molecule has 3 N–H and O–H groups in total. The molecule has 0 atom stereocenters. The van der Waals surface area contributed by atoms with Crippen LogP contribution in [0.1, 0.15) is 0 Å². The largest absolute Gasteiger partial charge is 0.397 e. The molecule has 0 spiro atoms. The highest BCUT2D eigenvalue weighted by molar-refractivity contribution is 9.10. The highest BCUT2D eigenvalue weighted by Gasteiger charge is 2.07. The summed E-state index contributed by atoms with van der Waals surface area (Å²) in [5.41, 5.74) is 7.50. The Bertz CT molecular complexity index is 605. The van der Waals surface area contributed by atoms with Crippen molar-refractivity contribution in [1.82, 2.24) is 0 Å². The van der Waals surface area contributed by atoms with Crippen molar-refractivity contribution in [2.45, 2.75) is 0 Å². The molecule has 0 aliphatic heterocycles. The molecule has 0 aromatic heterocycles. The fourth-order valence-electron chi connectivity index (χ4n) is 1.40. The van der Waals surface area contributed by atoms with E-state index in [1.54, 1.807) is 12.1 Å². The molecular formula is C12H8Br2ClFN2. The Morgan fingerprint density at radius 1 is 1.11 bits per heavy atom. The van der Waals surface area contributed by atoms with Crippen LogP contribution in [0.15, 0.2) is 39.3 Å². The van der Waals surface area contributed by atoms with E-state index >= 15 is 0 Å². The Labute approximate surface area is 126 Å². The Balaban J connectivity index is 2.34. The third-order valence-electron chi connectivity index (χ3n) is 2.29. The van der Waals surface area contributed by atoms with E-state index in [-0.39, 0.29) is 0 Å². The number of hydrogen-bond acceptors (Lipinski definition) is 2. The molecule has 0 radical (unpaired) electrons. The molecule has 0 aliphatic carbocycles. The molecule has 0 amide bonds. The van der Waals surface area contributed by atoms with E-state index in [1.165, 1.54) is 6.07 Å². The van der Waals surface area contributed by atoms with E-state index in [4.69, 9.17) is 17.3 Å². The maximum Gasteiger partial charge on any atom is 0.139 e. The Morgan fingerprint density at radius 2 is 1.83 bits per heavy atom. The van der Waals surface area contributed by atoms with Gasteiger partial charge in [0.2, 0.25) is 0 Å². The van der Waals surface area contributed by atoms with Gasteiger partial charge in [-0.25, -0.2) is 4.39 Å². The quantitative estimate of drug-likeness (QED) is 0.676. The number of nitrogen functional groups attached to an aromatic ring is 1. The summed E-state index contributed by atoms with van der Waals surface area (Å²) >= 11 is 12.4. The molecule has 2 rings (SSSR count). The van der Waals surface area contributed by atoms with Crippen molar-refractivity contribution in [3.8, 4) is 0 Å². The lowest BCUT2D eigenvalue weighted by Crippen LogP contribution is -1.97. The van der Waals surface area contributed by atoms with Gasteiger partial charge in [0.05, 0.1) is 20.9 Å². The minimum Gasteiger partial charge on any atom is -0.397 e. The average molecular weight is 394 g/mol. The average Bonchev–Trinajstić information content (AvgIpc) is 2.31. The predicted molar refractivity (Wildman–Crippen MR) is 80.9 cm³/mol. The molecule has 0 aliphatic rings. The summed E-state index contributed by atoms with van der Waals surface area (Å²) in [6.07, 6.45) is 0. The second kappa shape index (κ2) is 5.47. The van der Waals surface area contributed by atoms with Crippen molar-refractivity contribution < 1.29 is 4.39 Å². The van der Waals surface area contributed by atoms with E-state index in [9.17, 15) is 4.39 Å². The summed E-state index contributed by atoms with van der Waals surface area (Å²) < 4.78 is 14.4. The molecule has 94 valence electrons. The SMILES string of the molecule is Nc1cc(F)c(Br)cc1Nc1ccc(Cl)c(Br)c1. The molecule has 2 nitrogen and oxygen atoms in total. The van der Waals surface area contributed by atoms with Crippen LogP contribution in [0.5, 0.6) is 0 Å². The molecule has 2 aromatic rings. The van der Waals surface area contributed by atoms with Gasteiger partial charge in [0, 0.05) is 16.2 Å². The van der Waals surface area contributed by atoms with Gasteiger partial charge in [-0.15, -0.1) is 0 Å². The van der Waals surface area contributed by atoms with Crippen molar-refractivity contribution in [3.05, 3.63) is 50.1 Å². The lowest BCUT2D eigenvalue weighted by atomic mass is 10.2. The van der Waals surface area contributed by atoms with Crippen LogP contribution < -0.4 is 11.1 Å². The number of hydrogen-bond donors (Lipinski definition) is 2. The van der Waals surface area contributed by atoms with Crippen molar-refractivity contribution >= 4 is 60.5 Å². The summed E-state index contributed by atoms with van der Waals surface area (Å²) in [6.45, 7) is 0. The van der Waals surface area contributed by atoms with Gasteiger partial charge in [-0.05, 0) is 56.1 Å². The zero-order valence-electron chi connectivity index (χ0n) is 8.98. The fourth-order valence-corrected chi connectivity index (χ4v) is 2.24. The Kier molecular flexibility index (Phi) is 4.14. The second-order valence-corrected chi connectivity index (χ2v) is 5.72. The van der Waals surface area contributed by atoms with Gasteiger partial charge in [-0.1, -0.05) is 11.6 Å². The first kappa shape index (κ1) is 13.6. The van der Waals surface area contributed by atoms with E-state index in [0.717, 1.165) is 10.2 Å². The summed E-state index contributed by atoms with van der Waals surface area (Å²) in [7, 11) is 0. The standard InChI is InChI=1S/C12H8Br2ClFN2/c13-7-3-6(1-2-9(7)15)18-12-4-8(14)10(16)5-11(12)17/h1-5,18H,17H2. The minimum atomic E-state index is -0.393. The second-order valence-electron chi connectivity index (χ2n) is 3.61. The van der Waals surface area contributed by atoms with Gasteiger partial charge in [0.1, 0.15) is 5.82 Å². The Hall–Kier alpha value is -0.780. The fraction of sp³-hybridized carbons (Fsp3) is 0. The molecule has 0 unspecified atom stereocenters. The lowest BCUT2D eigenvalue weighted by Gasteiger charge is -2.11. The molecular weight excluding hydrogens is 386 g/mol. The first-order valence-corrected chi connectivity index (χ1v) is 6.90. The van der Waals surface area contributed by atoms with Gasteiger partial charge in [-0.2, -0.15) is 0 Å². The van der Waals surface area contributed by atoms with Gasteiger partial charge < -0.3 is 11.1 Å². The minimum absolute atomic E-state index is 0.335. The van der Waals surface area contributed by atoms with Crippen LogP contribution >= 0.6 is 43.5 Å². The normalized spacial score (nSPS) is 10.4. The van der Waals surface area contributed by atoms with E-state index in [2.05, 4.69) is 37.2 Å². The van der Waals surface area contributed by atoms with E-state index in [1.807, 2.05) is 12.1 Å². The summed E-state index contributed by atoms with van der Waals surface area (Å²) in [6, 6.07) is 8.23. The molecule has 0 fully saturated rings. The maximum absolute atomic E-state index is 13.2. The number of rotatable bonds is 2. The van der Waals surface area contributed by atoms with E-state index in [0.29, 0.717) is 20.9 Å². The van der Waals surface area contributed by atoms with Crippen LogP contribution in [0.3, 0.4) is 0 Å². The van der Waals surface area contributed by atoms with Gasteiger partial charge >= 0.3 is 0 Å². The molecule has 0 bridgehead atoms. The van der Waals surface area contributed by atoms with Crippen LogP contribution in [0.2, 0.25) is 5.02 Å². The van der Waals surface area contributed by atoms with Crippen LogP contribution in [0, 0.1) is 5.82 Å². The van der Waals surface area contributed by atoms with Gasteiger partial charge in [0.25, 0.3) is 0 Å². The molecule has 0 saturated heterocycles. The highest BCUT2D eigenvalue weighted by Crippen LogP contribution is 2.31. The van der Waals surface area contributed by atoms with Gasteiger partial charge in [-0.3, -0.25) is 0 Å². The Morgan fingerprint density at radius 3 is 2.50 bits per heavy atom. The van der Waals surface area contributed by atoms with Crippen LogP contribution in [-0.4, -0.2) is 0 Å². The predicted octanol–water partition coefficient (Wildman–Crippen LogP) is 5.33. The molecule has 18 heavy (non-hydrogen) atoms. The monoisotopic (exact) mass is 392 g/mol. The lowest BCUT2D eigenvalue weighted by molar-refractivity contribution is 0.622. The van der Waals surface area contributed by atoms with Gasteiger partial charge in [0.15, 0.2) is 0 Å². The van der Waals surface area contributed by atoms with Crippen LogP contribution in [0.4, 0.5) is 21.5 Å². The molecule has 0 saturated carbocycles. The number of benzene rings is 2. The first-order valence-electron chi connectivity index (χ1n) is 4.94. The van der Waals surface area contributed by atoms with Crippen LogP contribution in [-0.2, 0) is 0 Å². The number of nitrogens with one attached hydrogen (secondary N) is 1. The molecule has 0 heterocycles. The van der Waals surface area contributed by atoms with Crippen molar-refractivity contribution in [2.24, 2.45) is 0 Å².